The molecule has 0 aliphatic heterocycles. The van der Waals surface area contributed by atoms with Crippen molar-refractivity contribution in [3.05, 3.63) is 0 Å². The highest BCUT2D eigenvalue weighted by Gasteiger charge is 2.52. The first-order chi connectivity index (χ1) is 7.41. The number of hydrogen-bond acceptors (Lipinski definition) is 1. The summed E-state index contributed by atoms with van der Waals surface area (Å²) in [5, 5.41) is 0. The van der Waals surface area contributed by atoms with Gasteiger partial charge in [0.1, 0.15) is 0 Å². The molecule has 1 fully saturated rings. The van der Waals surface area contributed by atoms with Gasteiger partial charge in [0, 0.05) is 11.6 Å². The molecular formula is C15H31N. The van der Waals surface area contributed by atoms with Crippen LogP contribution in [0.5, 0.6) is 0 Å². The van der Waals surface area contributed by atoms with Gasteiger partial charge in [-0.15, -0.1) is 0 Å². The average Bonchev–Trinajstić information content (AvgIpc) is 2.89. The van der Waals surface area contributed by atoms with Crippen LogP contribution in [0.4, 0.5) is 0 Å². The van der Waals surface area contributed by atoms with Crippen molar-refractivity contribution >= 4 is 0 Å². The van der Waals surface area contributed by atoms with Gasteiger partial charge >= 0.3 is 0 Å². The van der Waals surface area contributed by atoms with Crippen LogP contribution >= 0.6 is 0 Å². The summed E-state index contributed by atoms with van der Waals surface area (Å²) in [4.78, 5) is 2.57. The Bertz CT molecular complexity index is 211. The molecule has 0 aromatic carbocycles. The van der Waals surface area contributed by atoms with Gasteiger partial charge < -0.3 is 0 Å². The zero-order valence-electron chi connectivity index (χ0n) is 12.2. The molecule has 1 heteroatoms. The number of hydrogen-bond donors (Lipinski definition) is 0. The molecule has 16 heavy (non-hydrogen) atoms. The number of nitrogens with zero attached hydrogens (tertiary/aromatic N) is 1. The Hall–Kier alpha value is -0.0400. The Labute approximate surface area is 103 Å². The van der Waals surface area contributed by atoms with Gasteiger partial charge in [-0.3, -0.25) is 4.90 Å². The molecule has 0 amide bonds. The summed E-state index contributed by atoms with van der Waals surface area (Å²) in [5.74, 6) is 1.89. The Morgan fingerprint density at radius 1 is 1.31 bits per heavy atom. The van der Waals surface area contributed by atoms with E-state index in [4.69, 9.17) is 0 Å². The molecule has 0 spiro atoms. The second kappa shape index (κ2) is 5.53. The molecule has 1 rings (SSSR count). The second-order valence-electron chi connectivity index (χ2n) is 6.41. The molecule has 0 radical (unpaired) electrons. The fraction of sp³-hybridized carbons (Fsp3) is 1.00. The topological polar surface area (TPSA) is 3.24 Å². The first-order valence-electron chi connectivity index (χ1n) is 7.14. The molecule has 0 heterocycles. The first kappa shape index (κ1) is 14.0. The molecular weight excluding hydrogens is 194 g/mol. The smallest absolute Gasteiger partial charge is 0.0213 e. The van der Waals surface area contributed by atoms with Crippen LogP contribution in [-0.4, -0.2) is 23.5 Å². The molecule has 1 saturated carbocycles. The Morgan fingerprint density at radius 2 is 1.94 bits per heavy atom. The lowest BCUT2D eigenvalue weighted by atomic mass is 9.99. The highest BCUT2D eigenvalue weighted by Crippen LogP contribution is 2.51. The van der Waals surface area contributed by atoms with Gasteiger partial charge in [0.15, 0.2) is 0 Å². The summed E-state index contributed by atoms with van der Waals surface area (Å²) < 4.78 is 0. The summed E-state index contributed by atoms with van der Waals surface area (Å²) in [6.45, 7) is 11.7. The van der Waals surface area contributed by atoms with Gasteiger partial charge in [0.05, 0.1) is 0 Å². The van der Waals surface area contributed by atoms with E-state index < -0.39 is 0 Å². The monoisotopic (exact) mass is 225 g/mol. The lowest BCUT2D eigenvalue weighted by Gasteiger charge is -2.30. The summed E-state index contributed by atoms with van der Waals surface area (Å²) >= 11 is 0. The van der Waals surface area contributed by atoms with E-state index in [1.165, 1.54) is 32.1 Å². The third-order valence-electron chi connectivity index (χ3n) is 4.91. The normalized spacial score (nSPS) is 31.1. The van der Waals surface area contributed by atoms with Crippen molar-refractivity contribution in [3.8, 4) is 0 Å². The van der Waals surface area contributed by atoms with Crippen molar-refractivity contribution in [1.82, 2.24) is 4.90 Å². The summed E-state index contributed by atoms with van der Waals surface area (Å²) in [5.41, 5.74) is 0.517. The van der Waals surface area contributed by atoms with E-state index in [1.54, 1.807) is 0 Å². The van der Waals surface area contributed by atoms with E-state index >= 15 is 0 Å². The molecule has 0 N–H and O–H groups in total. The van der Waals surface area contributed by atoms with Crippen LogP contribution in [0.3, 0.4) is 0 Å². The van der Waals surface area contributed by atoms with Crippen LogP contribution in [0.15, 0.2) is 0 Å². The fourth-order valence-electron chi connectivity index (χ4n) is 2.79. The SMILES string of the molecule is CC[C@@H](C)CCCC1C[C@@]1(C)N(C)C(C)C. The first-order valence-corrected chi connectivity index (χ1v) is 7.14. The minimum atomic E-state index is 0.517. The van der Waals surface area contributed by atoms with E-state index in [0.717, 1.165) is 11.8 Å². The third kappa shape index (κ3) is 3.23. The van der Waals surface area contributed by atoms with Gasteiger partial charge in [-0.25, -0.2) is 0 Å². The average molecular weight is 225 g/mol. The van der Waals surface area contributed by atoms with E-state index in [2.05, 4.69) is 46.6 Å². The quantitative estimate of drug-likeness (QED) is 0.623. The second-order valence-corrected chi connectivity index (χ2v) is 6.41. The van der Waals surface area contributed by atoms with Gasteiger partial charge in [-0.2, -0.15) is 0 Å². The van der Waals surface area contributed by atoms with Crippen molar-refractivity contribution in [1.29, 1.82) is 0 Å². The predicted molar refractivity (Wildman–Crippen MR) is 72.7 cm³/mol. The molecule has 0 aromatic heterocycles. The van der Waals surface area contributed by atoms with Crippen molar-refractivity contribution in [2.75, 3.05) is 7.05 Å². The Balaban J connectivity index is 2.23. The van der Waals surface area contributed by atoms with Crippen LogP contribution in [0.2, 0.25) is 0 Å². The maximum absolute atomic E-state index is 2.57. The summed E-state index contributed by atoms with van der Waals surface area (Å²) in [6.07, 6.45) is 7.06. The molecule has 1 nitrogen and oxygen atoms in total. The highest BCUT2D eigenvalue weighted by atomic mass is 15.2. The molecule has 96 valence electrons. The van der Waals surface area contributed by atoms with E-state index in [1.807, 2.05) is 0 Å². The maximum atomic E-state index is 2.57. The zero-order valence-corrected chi connectivity index (χ0v) is 12.2. The largest absolute Gasteiger partial charge is 0.298 e. The lowest BCUT2D eigenvalue weighted by molar-refractivity contribution is 0.172. The van der Waals surface area contributed by atoms with Crippen LogP contribution in [0.25, 0.3) is 0 Å². The minimum absolute atomic E-state index is 0.517. The van der Waals surface area contributed by atoms with Crippen LogP contribution in [-0.2, 0) is 0 Å². The van der Waals surface area contributed by atoms with Crippen molar-refractivity contribution in [2.45, 2.75) is 78.3 Å². The van der Waals surface area contributed by atoms with Gasteiger partial charge in [0.2, 0.25) is 0 Å². The molecule has 1 aliphatic rings. The zero-order chi connectivity index (χ0) is 12.3. The fourth-order valence-corrected chi connectivity index (χ4v) is 2.79. The minimum Gasteiger partial charge on any atom is -0.298 e. The summed E-state index contributed by atoms with van der Waals surface area (Å²) in [7, 11) is 2.29. The summed E-state index contributed by atoms with van der Waals surface area (Å²) in [6, 6.07) is 0.685. The van der Waals surface area contributed by atoms with Crippen LogP contribution in [0.1, 0.15) is 66.7 Å². The lowest BCUT2D eigenvalue weighted by Crippen LogP contribution is -2.38. The Morgan fingerprint density at radius 3 is 2.44 bits per heavy atom. The number of rotatable bonds is 7. The molecule has 1 unspecified atom stereocenters. The molecule has 3 atom stereocenters. The molecule has 0 aromatic rings. The molecule has 0 bridgehead atoms. The van der Waals surface area contributed by atoms with Crippen molar-refractivity contribution < 1.29 is 0 Å². The van der Waals surface area contributed by atoms with E-state index in [-0.39, 0.29) is 0 Å². The van der Waals surface area contributed by atoms with Crippen LogP contribution < -0.4 is 0 Å². The van der Waals surface area contributed by atoms with Gasteiger partial charge in [0.25, 0.3) is 0 Å². The third-order valence-corrected chi connectivity index (χ3v) is 4.91. The van der Waals surface area contributed by atoms with Crippen molar-refractivity contribution in [3.63, 3.8) is 0 Å². The van der Waals surface area contributed by atoms with Gasteiger partial charge in [-0.05, 0) is 52.5 Å². The maximum Gasteiger partial charge on any atom is 0.0213 e. The highest BCUT2D eigenvalue weighted by molar-refractivity contribution is 5.07. The molecule has 1 aliphatic carbocycles. The van der Waals surface area contributed by atoms with E-state index in [0.29, 0.717) is 11.6 Å². The van der Waals surface area contributed by atoms with Gasteiger partial charge in [-0.1, -0.05) is 33.1 Å². The van der Waals surface area contributed by atoms with Crippen molar-refractivity contribution in [2.24, 2.45) is 11.8 Å². The Kier molecular flexibility index (Phi) is 4.85. The predicted octanol–water partition coefficient (Wildman–Crippen LogP) is 4.32. The van der Waals surface area contributed by atoms with E-state index in [9.17, 15) is 0 Å². The standard InChI is InChI=1S/C15H31N/c1-7-13(4)9-8-10-14-11-15(14,5)16(6)12(2)3/h12-14H,7-11H2,1-6H3/t13-,14?,15-/m1/s1. The molecule has 0 saturated heterocycles. The van der Waals surface area contributed by atoms with Crippen LogP contribution in [0, 0.1) is 11.8 Å².